The highest BCUT2D eigenvalue weighted by atomic mass is 79.9. The molecule has 1 aromatic carbocycles. The van der Waals surface area contributed by atoms with E-state index in [4.69, 9.17) is 10.00 Å². The fraction of sp³-hybridized carbons (Fsp3) is 0. The summed E-state index contributed by atoms with van der Waals surface area (Å²) in [5, 5.41) is 19.3. The number of nitriles is 1. The summed E-state index contributed by atoms with van der Waals surface area (Å²) in [4.78, 5) is 14.1. The molecule has 0 aliphatic rings. The molecule has 7 heteroatoms. The molecule has 0 atom stereocenters. The van der Waals surface area contributed by atoms with Gasteiger partial charge in [0.25, 0.3) is 5.69 Å². The minimum atomic E-state index is -0.497. The Morgan fingerprint density at radius 1 is 1.37 bits per heavy atom. The van der Waals surface area contributed by atoms with Crippen LogP contribution in [0.1, 0.15) is 5.69 Å². The molecular formula is C12H6BrN3O3. The van der Waals surface area contributed by atoms with Crippen molar-refractivity contribution in [3.63, 3.8) is 0 Å². The number of aromatic nitrogens is 1. The van der Waals surface area contributed by atoms with Crippen molar-refractivity contribution in [2.45, 2.75) is 0 Å². The van der Waals surface area contributed by atoms with Crippen molar-refractivity contribution in [1.29, 1.82) is 5.26 Å². The van der Waals surface area contributed by atoms with Crippen LogP contribution < -0.4 is 4.74 Å². The zero-order chi connectivity index (χ0) is 13.8. The molecule has 1 aromatic heterocycles. The number of halogens is 1. The fourth-order valence-electron chi connectivity index (χ4n) is 1.33. The van der Waals surface area contributed by atoms with Crippen molar-refractivity contribution in [2.75, 3.05) is 0 Å². The number of nitro groups is 1. The summed E-state index contributed by atoms with van der Waals surface area (Å²) in [6.45, 7) is 0. The number of rotatable bonds is 3. The van der Waals surface area contributed by atoms with Gasteiger partial charge in [-0.15, -0.1) is 0 Å². The van der Waals surface area contributed by atoms with E-state index in [0.29, 0.717) is 10.2 Å². The molecule has 0 aliphatic heterocycles. The molecule has 0 unspecified atom stereocenters. The molecule has 19 heavy (non-hydrogen) atoms. The predicted octanol–water partition coefficient (Wildman–Crippen LogP) is 3.42. The predicted molar refractivity (Wildman–Crippen MR) is 69.8 cm³/mol. The number of pyridine rings is 1. The van der Waals surface area contributed by atoms with Crippen LogP contribution in [0.5, 0.6) is 11.6 Å². The maximum absolute atomic E-state index is 10.6. The Kier molecular flexibility index (Phi) is 3.73. The Balaban J connectivity index is 2.28. The summed E-state index contributed by atoms with van der Waals surface area (Å²) in [6, 6.07) is 10.8. The fourth-order valence-corrected chi connectivity index (χ4v) is 1.78. The van der Waals surface area contributed by atoms with Gasteiger partial charge in [0.05, 0.1) is 9.40 Å². The Morgan fingerprint density at radius 3 is 2.79 bits per heavy atom. The molecule has 0 spiro atoms. The molecule has 0 bridgehead atoms. The Bertz CT molecular complexity index is 682. The molecule has 0 aliphatic carbocycles. The molecule has 0 saturated carbocycles. The maximum Gasteiger partial charge on any atom is 0.270 e. The summed E-state index contributed by atoms with van der Waals surface area (Å²) < 4.78 is 5.89. The van der Waals surface area contributed by atoms with Crippen LogP contribution in [0.4, 0.5) is 5.69 Å². The van der Waals surface area contributed by atoms with E-state index in [1.54, 1.807) is 18.2 Å². The first-order valence-corrected chi connectivity index (χ1v) is 5.88. The van der Waals surface area contributed by atoms with Crippen LogP contribution in [0.25, 0.3) is 0 Å². The first kappa shape index (κ1) is 13.0. The van der Waals surface area contributed by atoms with Crippen LogP contribution in [0.3, 0.4) is 0 Å². The summed E-state index contributed by atoms with van der Waals surface area (Å²) >= 11 is 3.19. The van der Waals surface area contributed by atoms with Crippen LogP contribution >= 0.6 is 15.9 Å². The van der Waals surface area contributed by atoms with Gasteiger partial charge in [-0.25, -0.2) is 4.98 Å². The van der Waals surface area contributed by atoms with Gasteiger partial charge in [0.15, 0.2) is 0 Å². The summed E-state index contributed by atoms with van der Waals surface area (Å²) in [5.74, 6) is 0.627. The van der Waals surface area contributed by atoms with E-state index in [0.717, 1.165) is 0 Å². The summed E-state index contributed by atoms with van der Waals surface area (Å²) in [7, 11) is 0. The number of non-ortho nitro benzene ring substituents is 1. The minimum Gasteiger partial charge on any atom is -0.438 e. The molecule has 0 amide bonds. The number of nitro benzene ring substituents is 1. The van der Waals surface area contributed by atoms with Gasteiger partial charge >= 0.3 is 0 Å². The van der Waals surface area contributed by atoms with E-state index in [2.05, 4.69) is 20.9 Å². The van der Waals surface area contributed by atoms with E-state index < -0.39 is 4.92 Å². The van der Waals surface area contributed by atoms with Crippen molar-refractivity contribution in [3.05, 3.63) is 56.7 Å². The van der Waals surface area contributed by atoms with Gasteiger partial charge in [0, 0.05) is 18.2 Å². The second kappa shape index (κ2) is 5.46. The van der Waals surface area contributed by atoms with Crippen molar-refractivity contribution in [2.24, 2.45) is 0 Å². The van der Waals surface area contributed by atoms with Gasteiger partial charge in [-0.1, -0.05) is 6.07 Å². The maximum atomic E-state index is 10.6. The van der Waals surface area contributed by atoms with Crippen molar-refractivity contribution >= 4 is 21.6 Å². The Hall–Kier alpha value is -2.46. The van der Waals surface area contributed by atoms with Gasteiger partial charge in [0.2, 0.25) is 5.88 Å². The van der Waals surface area contributed by atoms with Crippen LogP contribution in [0.15, 0.2) is 40.9 Å². The first-order chi connectivity index (χ1) is 9.10. The summed E-state index contributed by atoms with van der Waals surface area (Å²) in [6.07, 6.45) is 0. The van der Waals surface area contributed by atoms with Crippen molar-refractivity contribution < 1.29 is 9.66 Å². The largest absolute Gasteiger partial charge is 0.438 e. The lowest BCUT2D eigenvalue weighted by atomic mass is 10.3. The topological polar surface area (TPSA) is 89.0 Å². The third kappa shape index (κ3) is 3.05. The number of nitrogens with zero attached hydrogens (tertiary/aromatic N) is 3. The molecule has 0 N–H and O–H groups in total. The van der Waals surface area contributed by atoms with Gasteiger partial charge in [-0.05, 0) is 28.1 Å². The molecule has 94 valence electrons. The van der Waals surface area contributed by atoms with Crippen molar-refractivity contribution in [1.82, 2.24) is 4.98 Å². The number of ether oxygens (including phenoxy) is 1. The van der Waals surface area contributed by atoms with Gasteiger partial charge in [-0.2, -0.15) is 5.26 Å². The SMILES string of the molecule is N#Cc1cccc(Oc2ccc([N+](=O)[O-])cc2Br)n1. The molecule has 0 radical (unpaired) electrons. The standard InChI is InChI=1S/C12H6BrN3O3/c13-10-6-9(16(17)18)4-5-11(10)19-12-3-1-2-8(7-14)15-12/h1-6H. The van der Waals surface area contributed by atoms with E-state index >= 15 is 0 Å². The van der Waals surface area contributed by atoms with Gasteiger partial charge in [-0.3, -0.25) is 10.1 Å². The Labute approximate surface area is 116 Å². The second-order valence-electron chi connectivity index (χ2n) is 3.45. The number of hydrogen-bond acceptors (Lipinski definition) is 5. The molecule has 2 rings (SSSR count). The number of hydrogen-bond donors (Lipinski definition) is 0. The third-order valence-electron chi connectivity index (χ3n) is 2.18. The molecular weight excluding hydrogens is 314 g/mol. The smallest absolute Gasteiger partial charge is 0.270 e. The zero-order valence-electron chi connectivity index (χ0n) is 9.41. The van der Waals surface area contributed by atoms with E-state index in [1.807, 2.05) is 6.07 Å². The zero-order valence-corrected chi connectivity index (χ0v) is 11.0. The lowest BCUT2D eigenvalue weighted by Crippen LogP contribution is -1.92. The summed E-state index contributed by atoms with van der Waals surface area (Å²) in [5.41, 5.74) is 0.188. The molecule has 1 heterocycles. The average molecular weight is 320 g/mol. The third-order valence-corrected chi connectivity index (χ3v) is 2.80. The molecule has 2 aromatic rings. The van der Waals surface area contributed by atoms with Crippen LogP contribution in [0.2, 0.25) is 0 Å². The van der Waals surface area contributed by atoms with E-state index in [9.17, 15) is 10.1 Å². The average Bonchev–Trinajstić information content (AvgIpc) is 2.41. The van der Waals surface area contributed by atoms with E-state index in [-0.39, 0.29) is 17.3 Å². The highest BCUT2D eigenvalue weighted by Gasteiger charge is 2.11. The van der Waals surface area contributed by atoms with Gasteiger partial charge < -0.3 is 4.74 Å². The highest BCUT2D eigenvalue weighted by Crippen LogP contribution is 2.31. The van der Waals surface area contributed by atoms with E-state index in [1.165, 1.54) is 18.2 Å². The van der Waals surface area contributed by atoms with Crippen LogP contribution in [-0.4, -0.2) is 9.91 Å². The first-order valence-electron chi connectivity index (χ1n) is 5.09. The lowest BCUT2D eigenvalue weighted by molar-refractivity contribution is -0.384. The monoisotopic (exact) mass is 319 g/mol. The quantitative estimate of drug-likeness (QED) is 0.638. The Morgan fingerprint density at radius 2 is 2.16 bits per heavy atom. The van der Waals surface area contributed by atoms with Crippen LogP contribution in [0, 0.1) is 21.4 Å². The minimum absolute atomic E-state index is 0.0436. The highest BCUT2D eigenvalue weighted by molar-refractivity contribution is 9.10. The second-order valence-corrected chi connectivity index (χ2v) is 4.30. The molecule has 0 saturated heterocycles. The van der Waals surface area contributed by atoms with Crippen molar-refractivity contribution in [3.8, 4) is 17.7 Å². The number of benzene rings is 1. The normalized spacial score (nSPS) is 9.68. The lowest BCUT2D eigenvalue weighted by Gasteiger charge is -2.06. The molecule has 6 nitrogen and oxygen atoms in total. The van der Waals surface area contributed by atoms with Crippen LogP contribution in [-0.2, 0) is 0 Å². The molecule has 0 fully saturated rings. The van der Waals surface area contributed by atoms with Gasteiger partial charge in [0.1, 0.15) is 17.5 Å².